The number of hydrogen-bond acceptors (Lipinski definition) is 2. The number of rotatable bonds is 3. The lowest BCUT2D eigenvalue weighted by atomic mass is 10.1. The molecule has 0 heterocycles. The first kappa shape index (κ1) is 12.2. The van der Waals surface area contributed by atoms with Crippen LogP contribution in [0.25, 0.3) is 0 Å². The maximum absolute atomic E-state index is 5.46. The summed E-state index contributed by atoms with van der Waals surface area (Å²) < 4.78 is 1.07. The molecule has 1 rings (SSSR count). The maximum Gasteiger partial charge on any atom is 0.142 e. The van der Waals surface area contributed by atoms with Gasteiger partial charge < -0.3 is 5.43 Å². The Bertz CT molecular complexity index is 361. The van der Waals surface area contributed by atoms with Crippen LogP contribution in [0.4, 0.5) is 0 Å². The zero-order chi connectivity index (χ0) is 11.3. The van der Waals surface area contributed by atoms with Gasteiger partial charge in [0.15, 0.2) is 0 Å². The Kier molecular flexibility index (Phi) is 4.78. The molecule has 0 saturated carbocycles. The van der Waals surface area contributed by atoms with Gasteiger partial charge in [-0.1, -0.05) is 22.9 Å². The molecule has 0 aromatic heterocycles. The van der Waals surface area contributed by atoms with E-state index >= 15 is 0 Å². The molecule has 82 valence electrons. The third kappa shape index (κ3) is 3.32. The fraction of sp³-hybridized carbons (Fsp3) is 0.364. The van der Waals surface area contributed by atoms with Crippen molar-refractivity contribution in [2.45, 2.75) is 20.3 Å². The number of aliphatic imine (C=N–C) groups is 1. The molecule has 1 aromatic carbocycles. The lowest BCUT2D eigenvalue weighted by molar-refractivity contribution is 0.907. The van der Waals surface area contributed by atoms with E-state index in [-0.39, 0.29) is 0 Å². The van der Waals surface area contributed by atoms with Gasteiger partial charge in [-0.25, -0.2) is 5.84 Å². The summed E-state index contributed by atoms with van der Waals surface area (Å²) in [4.78, 5) is 4.39. The van der Waals surface area contributed by atoms with Crippen LogP contribution < -0.4 is 11.3 Å². The van der Waals surface area contributed by atoms with Crippen LogP contribution in [-0.2, 0) is 0 Å². The Morgan fingerprint density at radius 1 is 1.53 bits per heavy atom. The molecule has 0 aliphatic carbocycles. The number of halogens is 1. The highest BCUT2D eigenvalue weighted by Gasteiger charge is 2.04. The number of hydrazine groups is 1. The van der Waals surface area contributed by atoms with Crippen molar-refractivity contribution in [2.24, 2.45) is 10.8 Å². The zero-order valence-corrected chi connectivity index (χ0v) is 10.6. The van der Waals surface area contributed by atoms with E-state index in [9.17, 15) is 0 Å². The van der Waals surface area contributed by atoms with Gasteiger partial charge >= 0.3 is 0 Å². The van der Waals surface area contributed by atoms with E-state index in [4.69, 9.17) is 5.84 Å². The zero-order valence-electron chi connectivity index (χ0n) is 9.05. The molecule has 4 heteroatoms. The van der Waals surface area contributed by atoms with E-state index in [0.29, 0.717) is 0 Å². The molecule has 0 saturated heterocycles. The van der Waals surface area contributed by atoms with E-state index < -0.39 is 0 Å². The number of amidine groups is 1. The largest absolute Gasteiger partial charge is 0.308 e. The number of nitrogens with two attached hydrogens (primary N) is 1. The molecule has 0 spiro atoms. The SMILES string of the molecule is CCCN=C(NN)c1ccc(Br)cc1C. The average molecular weight is 270 g/mol. The first-order valence-electron chi connectivity index (χ1n) is 4.96. The summed E-state index contributed by atoms with van der Waals surface area (Å²) >= 11 is 3.43. The molecule has 0 atom stereocenters. The quantitative estimate of drug-likeness (QED) is 0.383. The molecule has 0 fully saturated rings. The second-order valence-electron chi connectivity index (χ2n) is 3.33. The number of hydrogen-bond donors (Lipinski definition) is 2. The van der Waals surface area contributed by atoms with Crippen LogP contribution in [0, 0.1) is 6.92 Å². The summed E-state index contributed by atoms with van der Waals surface area (Å²) in [6, 6.07) is 6.04. The molecule has 3 N–H and O–H groups in total. The summed E-state index contributed by atoms with van der Waals surface area (Å²) in [5, 5.41) is 0. The molecular formula is C11H16BrN3. The van der Waals surface area contributed by atoms with Gasteiger partial charge in [-0.05, 0) is 37.1 Å². The Balaban J connectivity index is 3.02. The summed E-state index contributed by atoms with van der Waals surface area (Å²) in [5.74, 6) is 6.21. The number of nitrogens with zero attached hydrogens (tertiary/aromatic N) is 1. The molecule has 0 unspecified atom stereocenters. The Labute approximate surface area is 98.9 Å². The molecule has 0 bridgehead atoms. The van der Waals surface area contributed by atoms with Gasteiger partial charge in [-0.15, -0.1) is 0 Å². The van der Waals surface area contributed by atoms with Gasteiger partial charge in [0.25, 0.3) is 0 Å². The van der Waals surface area contributed by atoms with Crippen LogP contribution in [0.5, 0.6) is 0 Å². The van der Waals surface area contributed by atoms with Crippen LogP contribution in [-0.4, -0.2) is 12.4 Å². The molecule has 15 heavy (non-hydrogen) atoms. The highest BCUT2D eigenvalue weighted by Crippen LogP contribution is 2.15. The van der Waals surface area contributed by atoms with Crippen molar-refractivity contribution in [1.82, 2.24) is 5.43 Å². The second kappa shape index (κ2) is 5.88. The van der Waals surface area contributed by atoms with Gasteiger partial charge in [0.2, 0.25) is 0 Å². The first-order chi connectivity index (χ1) is 7.19. The molecular weight excluding hydrogens is 254 g/mol. The third-order valence-electron chi connectivity index (χ3n) is 2.07. The van der Waals surface area contributed by atoms with Gasteiger partial charge in [-0.2, -0.15) is 0 Å². The van der Waals surface area contributed by atoms with Gasteiger partial charge in [0, 0.05) is 16.6 Å². The lowest BCUT2D eigenvalue weighted by Gasteiger charge is -2.09. The number of nitrogens with one attached hydrogen (secondary N) is 1. The summed E-state index contributed by atoms with van der Waals surface area (Å²) in [5.41, 5.74) is 4.85. The monoisotopic (exact) mass is 269 g/mol. The second-order valence-corrected chi connectivity index (χ2v) is 4.25. The molecule has 0 radical (unpaired) electrons. The minimum absolute atomic E-state index is 0.752. The molecule has 0 aliphatic rings. The van der Waals surface area contributed by atoms with Crippen LogP contribution in [0.15, 0.2) is 27.7 Å². The van der Waals surface area contributed by atoms with Crippen LogP contribution in [0.2, 0.25) is 0 Å². The summed E-state index contributed by atoms with van der Waals surface area (Å²) in [6.07, 6.45) is 1.01. The normalized spacial score (nSPS) is 11.6. The van der Waals surface area contributed by atoms with Gasteiger partial charge in [0.05, 0.1) is 0 Å². The van der Waals surface area contributed by atoms with Crippen LogP contribution >= 0.6 is 15.9 Å². The number of aryl methyl sites for hydroxylation is 1. The fourth-order valence-corrected chi connectivity index (χ4v) is 1.80. The molecule has 3 nitrogen and oxygen atoms in total. The van der Waals surface area contributed by atoms with E-state index in [1.165, 1.54) is 0 Å². The van der Waals surface area contributed by atoms with Crippen molar-refractivity contribution in [3.05, 3.63) is 33.8 Å². The van der Waals surface area contributed by atoms with Crippen LogP contribution in [0.3, 0.4) is 0 Å². The first-order valence-corrected chi connectivity index (χ1v) is 5.76. The van der Waals surface area contributed by atoms with E-state index in [0.717, 1.165) is 34.4 Å². The highest BCUT2D eigenvalue weighted by atomic mass is 79.9. The summed E-state index contributed by atoms with van der Waals surface area (Å²) in [7, 11) is 0. The standard InChI is InChI=1S/C11H16BrN3/c1-3-6-14-11(15-13)10-5-4-9(12)7-8(10)2/h4-5,7H,3,6,13H2,1-2H3,(H,14,15). The van der Waals surface area contributed by atoms with E-state index in [1.54, 1.807) is 0 Å². The smallest absolute Gasteiger partial charge is 0.142 e. The van der Waals surface area contributed by atoms with E-state index in [2.05, 4.69) is 33.3 Å². The predicted octanol–water partition coefficient (Wildman–Crippen LogP) is 2.38. The van der Waals surface area contributed by atoms with Crippen molar-refractivity contribution in [3.63, 3.8) is 0 Å². The van der Waals surface area contributed by atoms with Crippen molar-refractivity contribution in [2.75, 3.05) is 6.54 Å². The molecule has 0 amide bonds. The fourth-order valence-electron chi connectivity index (χ4n) is 1.32. The minimum atomic E-state index is 0.752. The third-order valence-corrected chi connectivity index (χ3v) is 2.57. The topological polar surface area (TPSA) is 50.4 Å². The van der Waals surface area contributed by atoms with Crippen molar-refractivity contribution >= 4 is 21.8 Å². The Morgan fingerprint density at radius 2 is 2.27 bits per heavy atom. The highest BCUT2D eigenvalue weighted by molar-refractivity contribution is 9.10. The van der Waals surface area contributed by atoms with Crippen molar-refractivity contribution in [1.29, 1.82) is 0 Å². The van der Waals surface area contributed by atoms with Crippen molar-refractivity contribution in [3.8, 4) is 0 Å². The van der Waals surface area contributed by atoms with Gasteiger partial charge in [-0.3, -0.25) is 4.99 Å². The number of benzene rings is 1. The predicted molar refractivity (Wildman–Crippen MR) is 67.9 cm³/mol. The average Bonchev–Trinajstić information content (AvgIpc) is 2.21. The lowest BCUT2D eigenvalue weighted by Crippen LogP contribution is -2.31. The van der Waals surface area contributed by atoms with Crippen molar-refractivity contribution < 1.29 is 0 Å². The van der Waals surface area contributed by atoms with Crippen LogP contribution in [0.1, 0.15) is 24.5 Å². The van der Waals surface area contributed by atoms with E-state index in [1.807, 2.05) is 25.1 Å². The summed E-state index contributed by atoms with van der Waals surface area (Å²) in [6.45, 7) is 4.92. The molecule has 1 aromatic rings. The molecule has 0 aliphatic heterocycles. The van der Waals surface area contributed by atoms with Gasteiger partial charge in [0.1, 0.15) is 5.84 Å². The Morgan fingerprint density at radius 3 is 2.80 bits per heavy atom. The minimum Gasteiger partial charge on any atom is -0.308 e. The maximum atomic E-state index is 5.46. The Hall–Kier alpha value is -0.870.